The summed E-state index contributed by atoms with van der Waals surface area (Å²) in [5.41, 5.74) is 5.90. The van der Waals surface area contributed by atoms with Crippen LogP contribution in [0.1, 0.15) is 63.5 Å². The summed E-state index contributed by atoms with van der Waals surface area (Å²) in [7, 11) is 0. The van der Waals surface area contributed by atoms with Gasteiger partial charge in [0.05, 0.1) is 11.7 Å². The number of rotatable bonds is 12. The Bertz CT molecular complexity index is 1890. The van der Waals surface area contributed by atoms with Gasteiger partial charge in [-0.1, -0.05) is 100 Å². The second-order valence-electron chi connectivity index (χ2n) is 12.1. The molecule has 7 heteroatoms. The second kappa shape index (κ2) is 14.6. The number of benzene rings is 5. The van der Waals surface area contributed by atoms with Gasteiger partial charge in [-0.15, -0.1) is 0 Å². The number of fused-ring (bicyclic) bond motifs is 1. The summed E-state index contributed by atoms with van der Waals surface area (Å²) in [6.45, 7) is 4.26. The second-order valence-corrected chi connectivity index (χ2v) is 12.6. The number of aromatic nitrogens is 2. The summed E-state index contributed by atoms with van der Waals surface area (Å²) >= 11 is 0.959. The van der Waals surface area contributed by atoms with E-state index in [9.17, 15) is 0 Å². The molecule has 2 nitrogen and oxygen atoms in total. The first kappa shape index (κ1) is 32.6. The smallest absolute Gasteiger partial charge is 0.131 e. The van der Waals surface area contributed by atoms with Crippen LogP contribution in [-0.4, -0.2) is 8.75 Å². The van der Waals surface area contributed by atoms with E-state index in [1.807, 2.05) is 12.1 Å². The maximum Gasteiger partial charge on any atom is 0.131 e. The lowest BCUT2D eigenvalue weighted by Crippen LogP contribution is -1.94. The van der Waals surface area contributed by atoms with Crippen molar-refractivity contribution >= 4 is 22.8 Å². The highest BCUT2D eigenvalue weighted by atomic mass is 32.1. The molecule has 0 atom stereocenters. The predicted octanol–water partition coefficient (Wildman–Crippen LogP) is 12.4. The number of aryl methyl sites for hydroxylation is 2. The van der Waals surface area contributed by atoms with E-state index in [2.05, 4.69) is 22.6 Å². The van der Waals surface area contributed by atoms with Crippen LogP contribution in [0.2, 0.25) is 0 Å². The van der Waals surface area contributed by atoms with E-state index in [1.165, 1.54) is 24.3 Å². The van der Waals surface area contributed by atoms with E-state index in [1.54, 1.807) is 48.5 Å². The fraction of sp³-hybridized carbons (Fsp3) is 0.250. The Morgan fingerprint density at radius 3 is 1.21 bits per heavy atom. The molecule has 6 aromatic rings. The summed E-state index contributed by atoms with van der Waals surface area (Å²) in [6.07, 6.45) is 8.01. The standard InChI is InChI=1S/C40H36F4N2S/c1-3-5-7-9-25-11-15-29(35(41)21-25)27-13-17-31(37(43)23-27)33-19-20-34(40-39(33)45-47-46-40)32-18-14-28(24-38(32)44)30-16-12-26(22-36(30)42)10-8-6-4-2/h11-24H,3-10H2,1-2H3. The van der Waals surface area contributed by atoms with Gasteiger partial charge in [-0.2, -0.15) is 8.75 Å². The molecule has 0 saturated carbocycles. The molecule has 0 aliphatic heterocycles. The van der Waals surface area contributed by atoms with Crippen LogP contribution in [0.5, 0.6) is 0 Å². The lowest BCUT2D eigenvalue weighted by Gasteiger charge is -2.12. The van der Waals surface area contributed by atoms with Gasteiger partial charge in [0.15, 0.2) is 0 Å². The van der Waals surface area contributed by atoms with E-state index < -0.39 is 11.6 Å². The highest BCUT2D eigenvalue weighted by Crippen LogP contribution is 2.39. The van der Waals surface area contributed by atoms with Crippen molar-refractivity contribution in [2.75, 3.05) is 0 Å². The highest BCUT2D eigenvalue weighted by molar-refractivity contribution is 7.00. The maximum atomic E-state index is 15.6. The fourth-order valence-electron chi connectivity index (χ4n) is 6.16. The van der Waals surface area contributed by atoms with E-state index in [0.717, 1.165) is 74.2 Å². The van der Waals surface area contributed by atoms with Gasteiger partial charge >= 0.3 is 0 Å². The van der Waals surface area contributed by atoms with Gasteiger partial charge < -0.3 is 0 Å². The molecule has 47 heavy (non-hydrogen) atoms. The van der Waals surface area contributed by atoms with Gasteiger partial charge in [-0.05, 0) is 72.2 Å². The number of hydrogen-bond acceptors (Lipinski definition) is 3. The summed E-state index contributed by atoms with van der Waals surface area (Å²) < 4.78 is 70.2. The molecule has 0 unspecified atom stereocenters. The Labute approximate surface area is 277 Å². The zero-order valence-electron chi connectivity index (χ0n) is 26.6. The average Bonchev–Trinajstić information content (AvgIpc) is 3.56. The zero-order chi connectivity index (χ0) is 32.9. The fourth-order valence-corrected chi connectivity index (χ4v) is 6.73. The Morgan fingerprint density at radius 1 is 0.447 bits per heavy atom. The minimum Gasteiger partial charge on any atom is -0.206 e. The molecule has 0 spiro atoms. The van der Waals surface area contributed by atoms with Gasteiger partial charge in [0.1, 0.15) is 34.3 Å². The lowest BCUT2D eigenvalue weighted by atomic mass is 9.94. The first-order valence-electron chi connectivity index (χ1n) is 16.3. The van der Waals surface area contributed by atoms with Crippen molar-refractivity contribution in [3.8, 4) is 44.5 Å². The molecule has 0 bridgehead atoms. The van der Waals surface area contributed by atoms with Crippen LogP contribution < -0.4 is 0 Å². The minimum atomic E-state index is -0.523. The largest absolute Gasteiger partial charge is 0.206 e. The maximum absolute atomic E-state index is 15.6. The SMILES string of the molecule is CCCCCc1ccc(-c2ccc(-c3ccc(-c4ccc(-c5ccc(CCCCC)cc5F)cc4F)c4nsnc34)c(F)c2)c(F)c1. The highest BCUT2D eigenvalue weighted by Gasteiger charge is 2.19. The Hall–Kier alpha value is -4.36. The van der Waals surface area contributed by atoms with Gasteiger partial charge in [0.2, 0.25) is 0 Å². The van der Waals surface area contributed by atoms with Crippen molar-refractivity contribution in [3.63, 3.8) is 0 Å². The van der Waals surface area contributed by atoms with E-state index in [0.29, 0.717) is 55.5 Å². The van der Waals surface area contributed by atoms with Crippen LogP contribution in [0.25, 0.3) is 55.5 Å². The number of nitrogens with zero attached hydrogens (tertiary/aromatic N) is 2. The first-order chi connectivity index (χ1) is 22.9. The predicted molar refractivity (Wildman–Crippen MR) is 185 cm³/mol. The molecule has 0 aliphatic carbocycles. The van der Waals surface area contributed by atoms with E-state index in [-0.39, 0.29) is 11.6 Å². The molecule has 0 radical (unpaired) electrons. The summed E-state index contributed by atoms with van der Waals surface area (Å²) in [5, 5.41) is 0. The molecule has 0 fully saturated rings. The van der Waals surface area contributed by atoms with Crippen LogP contribution in [0, 0.1) is 23.3 Å². The molecule has 1 heterocycles. The third-order valence-corrected chi connectivity index (χ3v) is 9.29. The van der Waals surface area contributed by atoms with Crippen LogP contribution >= 0.6 is 11.7 Å². The minimum absolute atomic E-state index is 0.291. The third kappa shape index (κ3) is 7.01. The molecule has 0 saturated heterocycles. The monoisotopic (exact) mass is 652 g/mol. The molecular weight excluding hydrogens is 617 g/mol. The van der Waals surface area contributed by atoms with Crippen LogP contribution in [-0.2, 0) is 12.8 Å². The Morgan fingerprint density at radius 2 is 0.830 bits per heavy atom. The molecule has 240 valence electrons. The molecule has 1 aromatic heterocycles. The number of hydrogen-bond donors (Lipinski definition) is 0. The molecule has 0 N–H and O–H groups in total. The topological polar surface area (TPSA) is 25.8 Å². The van der Waals surface area contributed by atoms with Crippen molar-refractivity contribution in [1.82, 2.24) is 8.75 Å². The molecule has 6 rings (SSSR count). The molecule has 5 aromatic carbocycles. The summed E-state index contributed by atoms with van der Waals surface area (Å²) in [6, 6.07) is 23.0. The summed E-state index contributed by atoms with van der Waals surface area (Å²) in [5.74, 6) is -1.80. The van der Waals surface area contributed by atoms with E-state index >= 15 is 17.6 Å². The van der Waals surface area contributed by atoms with Crippen molar-refractivity contribution in [1.29, 1.82) is 0 Å². The van der Waals surface area contributed by atoms with Crippen LogP contribution in [0.3, 0.4) is 0 Å². The van der Waals surface area contributed by atoms with Crippen molar-refractivity contribution < 1.29 is 17.6 Å². The lowest BCUT2D eigenvalue weighted by molar-refractivity contribution is 0.623. The van der Waals surface area contributed by atoms with Gasteiger partial charge in [-0.25, -0.2) is 17.6 Å². The van der Waals surface area contributed by atoms with E-state index in [4.69, 9.17) is 0 Å². The average molecular weight is 653 g/mol. The third-order valence-electron chi connectivity index (χ3n) is 8.76. The van der Waals surface area contributed by atoms with Crippen LogP contribution in [0.15, 0.2) is 84.9 Å². The van der Waals surface area contributed by atoms with Crippen LogP contribution in [0.4, 0.5) is 17.6 Å². The van der Waals surface area contributed by atoms with Crippen molar-refractivity contribution in [2.24, 2.45) is 0 Å². The summed E-state index contributed by atoms with van der Waals surface area (Å²) in [4.78, 5) is 0. The van der Waals surface area contributed by atoms with Crippen molar-refractivity contribution in [2.45, 2.75) is 65.2 Å². The Kier molecular flexibility index (Phi) is 10.1. The molecule has 0 amide bonds. The number of unbranched alkanes of at least 4 members (excludes halogenated alkanes) is 4. The molecular formula is C40H36F4N2S. The quantitative estimate of drug-likeness (QED) is 0.0971. The normalized spacial score (nSPS) is 11.4. The zero-order valence-corrected chi connectivity index (χ0v) is 27.4. The first-order valence-corrected chi connectivity index (χ1v) is 17.0. The van der Waals surface area contributed by atoms with Crippen molar-refractivity contribution in [3.05, 3.63) is 119 Å². The Balaban J connectivity index is 1.27. The molecule has 0 aliphatic rings. The number of halogens is 4. The van der Waals surface area contributed by atoms with Gasteiger partial charge in [-0.3, -0.25) is 0 Å². The van der Waals surface area contributed by atoms with Gasteiger partial charge in [0.25, 0.3) is 0 Å². The van der Waals surface area contributed by atoms with Gasteiger partial charge in [0, 0.05) is 33.4 Å².